The molecule has 1 aromatic rings. The quantitative estimate of drug-likeness (QED) is 0.520. The van der Waals surface area contributed by atoms with Crippen molar-refractivity contribution >= 4 is 17.6 Å². The average molecular weight is 345 g/mol. The molecular weight excluding hydrogens is 312 g/mol. The van der Waals surface area contributed by atoms with Crippen LogP contribution in [0, 0.1) is 0 Å². The lowest BCUT2D eigenvalue weighted by atomic mass is 9.96. The summed E-state index contributed by atoms with van der Waals surface area (Å²) >= 11 is 0. The zero-order chi connectivity index (χ0) is 17.9. The van der Waals surface area contributed by atoms with E-state index in [1.807, 2.05) is 31.2 Å². The third kappa shape index (κ3) is 7.16. The minimum Gasteiger partial charge on any atom is -0.357 e. The topological polar surface area (TPSA) is 65.5 Å². The number of carbonyl (C=O) groups is 1. The second kappa shape index (κ2) is 10.7. The van der Waals surface area contributed by atoms with Crippen molar-refractivity contribution in [1.29, 1.82) is 0 Å². The molecule has 0 unspecified atom stereocenters. The molecule has 1 fully saturated rings. The van der Waals surface area contributed by atoms with Crippen LogP contribution in [0.5, 0.6) is 0 Å². The number of amides is 1. The zero-order valence-electron chi connectivity index (χ0n) is 15.6. The summed E-state index contributed by atoms with van der Waals surface area (Å²) in [6, 6.07) is 8.48. The first-order valence-electron chi connectivity index (χ1n) is 9.65. The van der Waals surface area contributed by atoms with Crippen LogP contribution >= 0.6 is 0 Å². The molecule has 3 N–H and O–H groups in total. The molecule has 0 atom stereocenters. The summed E-state index contributed by atoms with van der Waals surface area (Å²) in [7, 11) is 0. The van der Waals surface area contributed by atoms with Gasteiger partial charge in [-0.3, -0.25) is 4.79 Å². The summed E-state index contributed by atoms with van der Waals surface area (Å²) in [5.74, 6) is 0.967. The van der Waals surface area contributed by atoms with Crippen molar-refractivity contribution in [3.8, 4) is 0 Å². The van der Waals surface area contributed by atoms with Crippen molar-refractivity contribution in [2.24, 2.45) is 4.99 Å². The number of rotatable bonds is 7. The summed E-state index contributed by atoms with van der Waals surface area (Å²) in [5, 5.41) is 9.80. The molecule has 1 amide bonds. The van der Waals surface area contributed by atoms with Crippen LogP contribution in [0.2, 0.25) is 0 Å². The van der Waals surface area contributed by atoms with Gasteiger partial charge in [0, 0.05) is 24.7 Å². The van der Waals surface area contributed by atoms with Crippen LogP contribution in [-0.2, 0) is 11.3 Å². The fourth-order valence-corrected chi connectivity index (χ4v) is 3.07. The van der Waals surface area contributed by atoms with Gasteiger partial charge in [0.05, 0.1) is 6.54 Å². The minimum atomic E-state index is 0.0689. The van der Waals surface area contributed by atoms with Gasteiger partial charge < -0.3 is 16.0 Å². The lowest BCUT2D eigenvalue weighted by Crippen LogP contribution is -2.44. The highest BCUT2D eigenvalue weighted by molar-refractivity contribution is 5.90. The number of nitrogens with one attached hydrogen (secondary N) is 3. The van der Waals surface area contributed by atoms with Crippen LogP contribution < -0.4 is 16.0 Å². The van der Waals surface area contributed by atoms with Gasteiger partial charge in [-0.05, 0) is 43.9 Å². The number of hydrogen-bond donors (Lipinski definition) is 3. The van der Waals surface area contributed by atoms with Crippen molar-refractivity contribution in [1.82, 2.24) is 10.6 Å². The zero-order valence-corrected chi connectivity index (χ0v) is 15.6. The maximum absolute atomic E-state index is 11.6. The van der Waals surface area contributed by atoms with E-state index < -0.39 is 0 Å². The molecule has 0 heterocycles. The molecule has 0 radical (unpaired) electrons. The molecule has 1 saturated carbocycles. The van der Waals surface area contributed by atoms with E-state index in [1.54, 1.807) is 0 Å². The third-order valence-corrected chi connectivity index (χ3v) is 4.42. The number of nitrogens with zero attached hydrogens (tertiary/aromatic N) is 1. The molecule has 138 valence electrons. The molecule has 5 nitrogen and oxygen atoms in total. The largest absolute Gasteiger partial charge is 0.357 e. The van der Waals surface area contributed by atoms with E-state index in [0.717, 1.165) is 30.2 Å². The number of anilines is 1. The molecule has 1 aliphatic rings. The first-order valence-corrected chi connectivity index (χ1v) is 9.65. The first kappa shape index (κ1) is 19.3. The summed E-state index contributed by atoms with van der Waals surface area (Å²) in [6.45, 7) is 5.59. The Labute approximate surface area is 151 Å². The van der Waals surface area contributed by atoms with E-state index in [0.29, 0.717) is 19.0 Å². The summed E-state index contributed by atoms with van der Waals surface area (Å²) in [5.41, 5.74) is 1.98. The Morgan fingerprint density at radius 2 is 1.84 bits per heavy atom. The lowest BCUT2D eigenvalue weighted by molar-refractivity contribution is -0.116. The molecule has 0 bridgehead atoms. The lowest BCUT2D eigenvalue weighted by Gasteiger charge is -2.24. The number of aliphatic imine (C=N–C) groups is 1. The molecule has 0 saturated heterocycles. The van der Waals surface area contributed by atoms with Crippen molar-refractivity contribution in [2.45, 2.75) is 71.4 Å². The highest BCUT2D eigenvalue weighted by atomic mass is 16.1. The highest BCUT2D eigenvalue weighted by Crippen LogP contribution is 2.17. The second-order valence-corrected chi connectivity index (χ2v) is 6.67. The smallest absolute Gasteiger partial charge is 0.224 e. The van der Waals surface area contributed by atoms with Gasteiger partial charge in [0.1, 0.15) is 0 Å². The Bertz CT molecular complexity index is 547. The van der Waals surface area contributed by atoms with Gasteiger partial charge in [0.25, 0.3) is 0 Å². The maximum Gasteiger partial charge on any atom is 0.224 e. The number of guanidine groups is 1. The van der Waals surface area contributed by atoms with Crippen molar-refractivity contribution in [2.75, 3.05) is 11.9 Å². The fraction of sp³-hybridized carbons (Fsp3) is 0.600. The van der Waals surface area contributed by atoms with E-state index >= 15 is 0 Å². The molecule has 1 aliphatic carbocycles. The van der Waals surface area contributed by atoms with Gasteiger partial charge in [-0.2, -0.15) is 0 Å². The Balaban J connectivity index is 1.89. The minimum absolute atomic E-state index is 0.0689. The first-order chi connectivity index (χ1) is 12.2. The summed E-state index contributed by atoms with van der Waals surface area (Å²) in [6.07, 6.45) is 7.86. The third-order valence-electron chi connectivity index (χ3n) is 4.42. The average Bonchev–Trinajstić information content (AvgIpc) is 2.62. The van der Waals surface area contributed by atoms with Gasteiger partial charge in [-0.1, -0.05) is 38.3 Å². The van der Waals surface area contributed by atoms with Crippen molar-refractivity contribution in [3.63, 3.8) is 0 Å². The molecule has 25 heavy (non-hydrogen) atoms. The van der Waals surface area contributed by atoms with E-state index in [-0.39, 0.29) is 5.91 Å². The molecule has 0 aliphatic heterocycles. The Morgan fingerprint density at radius 1 is 1.12 bits per heavy atom. The van der Waals surface area contributed by atoms with E-state index in [1.165, 1.54) is 32.1 Å². The fourth-order valence-electron chi connectivity index (χ4n) is 3.07. The summed E-state index contributed by atoms with van der Waals surface area (Å²) in [4.78, 5) is 16.3. The van der Waals surface area contributed by atoms with Gasteiger partial charge in [0.15, 0.2) is 5.96 Å². The van der Waals surface area contributed by atoms with Crippen LogP contribution in [0.4, 0.5) is 5.69 Å². The molecule has 2 rings (SSSR count). The van der Waals surface area contributed by atoms with Gasteiger partial charge >= 0.3 is 0 Å². The molecular formula is C20H32N4O. The Kier molecular flexibility index (Phi) is 8.29. The Hall–Kier alpha value is -2.04. The highest BCUT2D eigenvalue weighted by Gasteiger charge is 2.14. The molecule has 0 aromatic heterocycles. The van der Waals surface area contributed by atoms with Crippen LogP contribution in [0.1, 0.15) is 64.4 Å². The Morgan fingerprint density at radius 3 is 2.48 bits per heavy atom. The predicted octanol–water partition coefficient (Wildman–Crippen LogP) is 3.81. The SMILES string of the molecule is CCCC(=O)Nc1ccc(CN=C(NCC)NC2CCCCC2)cc1. The molecule has 1 aromatic carbocycles. The predicted molar refractivity (Wildman–Crippen MR) is 105 cm³/mol. The van der Waals surface area contributed by atoms with Crippen LogP contribution in [0.3, 0.4) is 0 Å². The second-order valence-electron chi connectivity index (χ2n) is 6.67. The van der Waals surface area contributed by atoms with Gasteiger partial charge in [-0.15, -0.1) is 0 Å². The maximum atomic E-state index is 11.6. The monoisotopic (exact) mass is 344 g/mol. The standard InChI is InChI=1S/C20H32N4O/c1-3-8-19(25)23-18-13-11-16(12-14-18)15-22-20(21-4-2)24-17-9-6-5-7-10-17/h11-14,17H,3-10,15H2,1-2H3,(H,23,25)(H2,21,22,24). The van der Waals surface area contributed by atoms with Crippen molar-refractivity contribution < 1.29 is 4.79 Å². The van der Waals surface area contributed by atoms with E-state index in [4.69, 9.17) is 4.99 Å². The van der Waals surface area contributed by atoms with Crippen molar-refractivity contribution in [3.05, 3.63) is 29.8 Å². The van der Waals surface area contributed by atoms with Crippen LogP contribution in [0.25, 0.3) is 0 Å². The van der Waals surface area contributed by atoms with Crippen LogP contribution in [-0.4, -0.2) is 24.5 Å². The number of benzene rings is 1. The van der Waals surface area contributed by atoms with E-state index in [9.17, 15) is 4.79 Å². The number of carbonyl (C=O) groups excluding carboxylic acids is 1. The summed E-state index contributed by atoms with van der Waals surface area (Å²) < 4.78 is 0. The van der Waals surface area contributed by atoms with Gasteiger partial charge in [0.2, 0.25) is 5.91 Å². The molecule has 5 heteroatoms. The van der Waals surface area contributed by atoms with E-state index in [2.05, 4.69) is 22.9 Å². The number of hydrogen-bond acceptors (Lipinski definition) is 2. The van der Waals surface area contributed by atoms with Crippen LogP contribution in [0.15, 0.2) is 29.3 Å². The molecule has 0 spiro atoms. The normalized spacial score (nSPS) is 15.7. The van der Waals surface area contributed by atoms with Gasteiger partial charge in [-0.25, -0.2) is 4.99 Å².